The molecule has 0 aromatic rings. The first-order valence-corrected chi connectivity index (χ1v) is 4.49. The van der Waals surface area contributed by atoms with Crippen molar-refractivity contribution in [1.29, 1.82) is 0 Å². The molecular formula is C9H14O. The van der Waals surface area contributed by atoms with E-state index in [-0.39, 0.29) is 6.10 Å². The van der Waals surface area contributed by atoms with Gasteiger partial charge in [0.25, 0.3) is 0 Å². The van der Waals surface area contributed by atoms with Crippen LogP contribution in [0.2, 0.25) is 0 Å². The Balaban J connectivity index is 1.93. The van der Waals surface area contributed by atoms with Crippen LogP contribution in [0.4, 0.5) is 0 Å². The maximum absolute atomic E-state index is 9.43. The Morgan fingerprint density at radius 2 is 1.90 bits per heavy atom. The topological polar surface area (TPSA) is 20.2 Å². The molecule has 4 unspecified atom stereocenters. The zero-order valence-corrected chi connectivity index (χ0v) is 6.21. The SMILES string of the molecule is OC1CC2CCC3CC23C1. The average Bonchev–Trinajstić information content (AvgIpc) is 2.28. The first-order chi connectivity index (χ1) is 4.81. The van der Waals surface area contributed by atoms with Crippen LogP contribution in [0.3, 0.4) is 0 Å². The quantitative estimate of drug-likeness (QED) is 0.538. The highest BCUT2D eigenvalue weighted by molar-refractivity contribution is 5.15. The molecular weight excluding hydrogens is 124 g/mol. The predicted molar refractivity (Wildman–Crippen MR) is 38.5 cm³/mol. The van der Waals surface area contributed by atoms with E-state index in [4.69, 9.17) is 0 Å². The Hall–Kier alpha value is -0.0400. The van der Waals surface area contributed by atoms with E-state index >= 15 is 0 Å². The molecule has 3 fully saturated rings. The summed E-state index contributed by atoms with van der Waals surface area (Å²) in [7, 11) is 0. The van der Waals surface area contributed by atoms with Crippen LogP contribution in [0.25, 0.3) is 0 Å². The molecule has 0 bridgehead atoms. The number of rotatable bonds is 0. The number of hydrogen-bond donors (Lipinski definition) is 1. The van der Waals surface area contributed by atoms with Gasteiger partial charge >= 0.3 is 0 Å². The maximum Gasteiger partial charge on any atom is 0.0548 e. The van der Waals surface area contributed by atoms with Crippen molar-refractivity contribution in [3.8, 4) is 0 Å². The molecule has 3 aliphatic rings. The lowest BCUT2D eigenvalue weighted by Crippen LogP contribution is -2.03. The Morgan fingerprint density at radius 1 is 1.10 bits per heavy atom. The Bertz CT molecular complexity index is 178. The van der Waals surface area contributed by atoms with E-state index < -0.39 is 0 Å². The lowest BCUT2D eigenvalue weighted by atomic mass is 9.95. The van der Waals surface area contributed by atoms with Gasteiger partial charge in [-0.3, -0.25) is 0 Å². The smallest absolute Gasteiger partial charge is 0.0548 e. The summed E-state index contributed by atoms with van der Waals surface area (Å²) in [5.74, 6) is 1.96. The van der Waals surface area contributed by atoms with Gasteiger partial charge in [-0.05, 0) is 49.4 Å². The van der Waals surface area contributed by atoms with Gasteiger partial charge in [0.1, 0.15) is 0 Å². The largest absolute Gasteiger partial charge is 0.393 e. The summed E-state index contributed by atoms with van der Waals surface area (Å²) in [6, 6.07) is 0. The molecule has 0 aromatic heterocycles. The van der Waals surface area contributed by atoms with E-state index in [1.807, 2.05) is 0 Å². The van der Waals surface area contributed by atoms with Gasteiger partial charge in [-0.1, -0.05) is 0 Å². The number of hydrogen-bond acceptors (Lipinski definition) is 1. The van der Waals surface area contributed by atoms with Crippen molar-refractivity contribution in [3.63, 3.8) is 0 Å². The number of aliphatic hydroxyl groups is 1. The highest BCUT2D eigenvalue weighted by Crippen LogP contribution is 2.72. The van der Waals surface area contributed by atoms with Crippen LogP contribution in [-0.4, -0.2) is 11.2 Å². The lowest BCUT2D eigenvalue weighted by Gasteiger charge is -2.09. The van der Waals surface area contributed by atoms with Gasteiger partial charge < -0.3 is 5.11 Å². The molecule has 3 aliphatic carbocycles. The minimum absolute atomic E-state index is 0.0651. The van der Waals surface area contributed by atoms with Crippen LogP contribution < -0.4 is 0 Å². The summed E-state index contributed by atoms with van der Waals surface area (Å²) < 4.78 is 0. The van der Waals surface area contributed by atoms with Gasteiger partial charge in [-0.2, -0.15) is 0 Å². The van der Waals surface area contributed by atoms with Gasteiger partial charge in [0.05, 0.1) is 6.10 Å². The van der Waals surface area contributed by atoms with Gasteiger partial charge in [0.2, 0.25) is 0 Å². The minimum Gasteiger partial charge on any atom is -0.393 e. The molecule has 1 heteroatoms. The molecule has 56 valence electrons. The minimum atomic E-state index is 0.0651. The summed E-state index contributed by atoms with van der Waals surface area (Å²) in [5, 5.41) is 9.43. The molecule has 3 rings (SSSR count). The van der Waals surface area contributed by atoms with Crippen molar-refractivity contribution in [3.05, 3.63) is 0 Å². The third-order valence-corrected chi connectivity index (χ3v) is 4.13. The van der Waals surface area contributed by atoms with Crippen LogP contribution in [0.5, 0.6) is 0 Å². The summed E-state index contributed by atoms with van der Waals surface area (Å²) >= 11 is 0. The van der Waals surface area contributed by atoms with E-state index in [0.717, 1.165) is 24.7 Å². The summed E-state index contributed by atoms with van der Waals surface area (Å²) in [6.07, 6.45) is 6.67. The summed E-state index contributed by atoms with van der Waals surface area (Å²) in [6.45, 7) is 0. The molecule has 1 nitrogen and oxygen atoms in total. The Kier molecular flexibility index (Phi) is 0.797. The molecule has 0 aliphatic heterocycles. The van der Waals surface area contributed by atoms with Crippen molar-refractivity contribution >= 4 is 0 Å². The maximum atomic E-state index is 9.43. The van der Waals surface area contributed by atoms with Gasteiger partial charge in [0, 0.05) is 0 Å². The molecule has 0 saturated heterocycles. The zero-order chi connectivity index (χ0) is 6.77. The summed E-state index contributed by atoms with van der Waals surface area (Å²) in [4.78, 5) is 0. The monoisotopic (exact) mass is 138 g/mol. The van der Waals surface area contributed by atoms with Crippen molar-refractivity contribution in [2.45, 2.75) is 38.2 Å². The molecule has 0 heterocycles. The van der Waals surface area contributed by atoms with Crippen LogP contribution in [0.1, 0.15) is 32.1 Å². The van der Waals surface area contributed by atoms with E-state index in [1.165, 1.54) is 19.3 Å². The third kappa shape index (κ3) is 0.460. The highest BCUT2D eigenvalue weighted by atomic mass is 16.3. The molecule has 0 aromatic carbocycles. The zero-order valence-electron chi connectivity index (χ0n) is 6.21. The molecule has 3 saturated carbocycles. The third-order valence-electron chi connectivity index (χ3n) is 4.13. The molecule has 0 radical (unpaired) electrons. The molecule has 1 spiro atoms. The number of aliphatic hydroxyl groups excluding tert-OH is 1. The molecule has 0 amide bonds. The van der Waals surface area contributed by atoms with E-state index in [0.29, 0.717) is 5.41 Å². The van der Waals surface area contributed by atoms with Crippen molar-refractivity contribution < 1.29 is 5.11 Å². The predicted octanol–water partition coefficient (Wildman–Crippen LogP) is 1.56. The average molecular weight is 138 g/mol. The fourth-order valence-corrected chi connectivity index (χ4v) is 3.60. The fourth-order valence-electron chi connectivity index (χ4n) is 3.60. The van der Waals surface area contributed by atoms with Crippen molar-refractivity contribution in [2.24, 2.45) is 17.3 Å². The first kappa shape index (κ1) is 5.59. The molecule has 10 heavy (non-hydrogen) atoms. The normalized spacial score (nSPS) is 63.9. The van der Waals surface area contributed by atoms with E-state index in [9.17, 15) is 5.11 Å². The Morgan fingerprint density at radius 3 is 2.60 bits per heavy atom. The fraction of sp³-hybridized carbons (Fsp3) is 1.00. The van der Waals surface area contributed by atoms with Crippen LogP contribution >= 0.6 is 0 Å². The van der Waals surface area contributed by atoms with Crippen LogP contribution in [-0.2, 0) is 0 Å². The van der Waals surface area contributed by atoms with Crippen LogP contribution in [0, 0.1) is 17.3 Å². The lowest BCUT2D eigenvalue weighted by molar-refractivity contribution is 0.171. The van der Waals surface area contributed by atoms with Crippen molar-refractivity contribution in [1.82, 2.24) is 0 Å². The molecule has 1 N–H and O–H groups in total. The highest BCUT2D eigenvalue weighted by Gasteiger charge is 2.65. The van der Waals surface area contributed by atoms with Gasteiger partial charge in [-0.25, -0.2) is 0 Å². The van der Waals surface area contributed by atoms with E-state index in [1.54, 1.807) is 0 Å². The first-order valence-electron chi connectivity index (χ1n) is 4.49. The van der Waals surface area contributed by atoms with Crippen LogP contribution in [0.15, 0.2) is 0 Å². The standard InChI is InChI=1S/C9H14O/c10-8-3-6-1-2-7-4-9(6,7)5-8/h6-8,10H,1-5H2. The van der Waals surface area contributed by atoms with Crippen molar-refractivity contribution in [2.75, 3.05) is 0 Å². The van der Waals surface area contributed by atoms with Gasteiger partial charge in [0.15, 0.2) is 0 Å². The second kappa shape index (κ2) is 1.42. The second-order valence-electron chi connectivity index (χ2n) is 4.50. The Labute approximate surface area is 61.4 Å². The van der Waals surface area contributed by atoms with E-state index in [2.05, 4.69) is 0 Å². The van der Waals surface area contributed by atoms with Gasteiger partial charge in [-0.15, -0.1) is 0 Å². The summed E-state index contributed by atoms with van der Waals surface area (Å²) in [5.41, 5.74) is 0.694. The second-order valence-corrected chi connectivity index (χ2v) is 4.50. The molecule has 4 atom stereocenters.